The van der Waals surface area contributed by atoms with Gasteiger partial charge in [-0.15, -0.1) is 0 Å². The number of hydrogen-bond acceptors (Lipinski definition) is 4. The maximum absolute atomic E-state index is 5.69. The quantitative estimate of drug-likeness (QED) is 0.557. The monoisotopic (exact) mass is 373 g/mol. The molecule has 17 heavy (non-hydrogen) atoms. The second-order valence-corrected chi connectivity index (χ2v) is 8.49. The molecule has 3 nitrogen and oxygen atoms in total. The Bertz CT molecular complexity index is 369. The summed E-state index contributed by atoms with van der Waals surface area (Å²) < 4.78 is -3.59. The van der Waals surface area contributed by atoms with E-state index in [4.69, 9.17) is 69.6 Å². The van der Waals surface area contributed by atoms with Crippen LogP contribution in [-0.4, -0.2) is 20.7 Å². The molecule has 1 rings (SSSR count). The van der Waals surface area contributed by atoms with E-state index in [0.29, 0.717) is 5.16 Å². The zero-order valence-corrected chi connectivity index (χ0v) is 13.6. The molecule has 0 aliphatic rings. The summed E-state index contributed by atoms with van der Waals surface area (Å²) in [5, 5.41) is 0.338. The van der Waals surface area contributed by atoms with Crippen molar-refractivity contribution in [1.82, 2.24) is 15.0 Å². The number of aromatic nitrogens is 3. The highest BCUT2D eigenvalue weighted by atomic mass is 35.6. The van der Waals surface area contributed by atoms with Gasteiger partial charge < -0.3 is 0 Å². The fraction of sp³-hybridized carbons (Fsp3) is 0.571. The standard InChI is InChI=1S/C7H5Cl6N3S/c1-2-17-5-15-3(6(8,9)10)14-4(16-5)7(11,12)13/h2H2,1H3. The van der Waals surface area contributed by atoms with Crippen LogP contribution in [0.3, 0.4) is 0 Å². The first kappa shape index (κ1) is 16.2. The summed E-state index contributed by atoms with van der Waals surface area (Å²) in [7, 11) is 0. The molecule has 0 atom stereocenters. The molecule has 0 fully saturated rings. The zero-order chi connectivity index (χ0) is 13.3. The molecule has 0 saturated heterocycles. The van der Waals surface area contributed by atoms with E-state index >= 15 is 0 Å². The smallest absolute Gasteiger partial charge is 0.209 e. The lowest BCUT2D eigenvalue weighted by molar-refractivity contribution is 0.768. The lowest BCUT2D eigenvalue weighted by Gasteiger charge is -2.14. The Morgan fingerprint density at radius 1 is 0.882 bits per heavy atom. The Morgan fingerprint density at radius 3 is 1.59 bits per heavy atom. The molecule has 0 unspecified atom stereocenters. The van der Waals surface area contributed by atoms with Crippen LogP contribution in [0.5, 0.6) is 0 Å². The lowest BCUT2D eigenvalue weighted by atomic mass is 10.6. The molecule has 0 spiro atoms. The van der Waals surface area contributed by atoms with Crippen LogP contribution in [0.2, 0.25) is 0 Å². The van der Waals surface area contributed by atoms with E-state index in [-0.39, 0.29) is 11.6 Å². The molecule has 0 bridgehead atoms. The molecule has 0 saturated carbocycles. The fourth-order valence-electron chi connectivity index (χ4n) is 0.804. The minimum Gasteiger partial charge on any atom is -0.209 e. The minimum atomic E-state index is -1.79. The second kappa shape index (κ2) is 6.04. The van der Waals surface area contributed by atoms with Gasteiger partial charge in [-0.25, -0.2) is 15.0 Å². The molecule has 1 heterocycles. The average Bonchev–Trinajstić information content (AvgIpc) is 2.15. The zero-order valence-electron chi connectivity index (χ0n) is 8.22. The van der Waals surface area contributed by atoms with Crippen LogP contribution in [0.15, 0.2) is 5.16 Å². The van der Waals surface area contributed by atoms with Gasteiger partial charge in [0.15, 0.2) is 16.8 Å². The van der Waals surface area contributed by atoms with Gasteiger partial charge in [-0.05, 0) is 5.75 Å². The Hall–Kier alpha value is 1.10. The van der Waals surface area contributed by atoms with Crippen molar-refractivity contribution in [3.63, 3.8) is 0 Å². The number of halogens is 6. The first-order chi connectivity index (χ1) is 7.64. The van der Waals surface area contributed by atoms with Crippen molar-refractivity contribution in [3.05, 3.63) is 11.6 Å². The Balaban J connectivity index is 3.29. The molecule has 0 amide bonds. The van der Waals surface area contributed by atoms with E-state index < -0.39 is 7.59 Å². The first-order valence-corrected chi connectivity index (χ1v) is 7.43. The molecule has 1 aromatic rings. The molecule has 0 N–H and O–H groups in total. The molecule has 0 aliphatic heterocycles. The molecule has 96 valence electrons. The second-order valence-electron chi connectivity index (χ2n) is 2.69. The first-order valence-electron chi connectivity index (χ1n) is 4.18. The lowest BCUT2D eigenvalue weighted by Crippen LogP contribution is -2.16. The van der Waals surface area contributed by atoms with Gasteiger partial charge in [0.2, 0.25) is 7.59 Å². The van der Waals surface area contributed by atoms with Crippen LogP contribution in [0.1, 0.15) is 18.6 Å². The van der Waals surface area contributed by atoms with Crippen molar-refractivity contribution in [2.24, 2.45) is 0 Å². The summed E-state index contributed by atoms with van der Waals surface area (Å²) in [4.78, 5) is 11.8. The van der Waals surface area contributed by atoms with E-state index in [1.165, 1.54) is 11.8 Å². The van der Waals surface area contributed by atoms with Crippen molar-refractivity contribution < 1.29 is 0 Å². The van der Waals surface area contributed by atoms with Gasteiger partial charge in [-0.3, -0.25) is 0 Å². The summed E-state index contributed by atoms with van der Waals surface area (Å²) >= 11 is 35.5. The number of thioether (sulfide) groups is 1. The molecule has 1 aromatic heterocycles. The highest BCUT2D eigenvalue weighted by Gasteiger charge is 2.33. The fourth-order valence-corrected chi connectivity index (χ4v) is 1.87. The van der Waals surface area contributed by atoms with Crippen LogP contribution in [-0.2, 0) is 7.59 Å². The number of hydrogen-bond donors (Lipinski definition) is 0. The minimum absolute atomic E-state index is 0.0743. The van der Waals surface area contributed by atoms with Crippen molar-refractivity contribution in [1.29, 1.82) is 0 Å². The van der Waals surface area contributed by atoms with Gasteiger partial charge >= 0.3 is 0 Å². The number of rotatable bonds is 2. The summed E-state index contributed by atoms with van der Waals surface area (Å²) in [6.07, 6.45) is 0. The maximum atomic E-state index is 5.69. The molecular formula is C7H5Cl6N3S. The SMILES string of the molecule is CCSc1nc(C(Cl)(Cl)Cl)nc(C(Cl)(Cl)Cl)n1. The molecular weight excluding hydrogens is 371 g/mol. The van der Waals surface area contributed by atoms with E-state index in [0.717, 1.165) is 5.75 Å². The summed E-state index contributed by atoms with van der Waals surface area (Å²) in [5.74, 6) is 0.576. The van der Waals surface area contributed by atoms with Crippen LogP contribution < -0.4 is 0 Å². The largest absolute Gasteiger partial charge is 0.250 e. The van der Waals surface area contributed by atoms with Crippen molar-refractivity contribution in [2.45, 2.75) is 19.7 Å². The molecule has 0 aliphatic carbocycles. The van der Waals surface area contributed by atoms with Crippen LogP contribution >= 0.6 is 81.4 Å². The van der Waals surface area contributed by atoms with E-state index in [2.05, 4.69) is 15.0 Å². The van der Waals surface area contributed by atoms with Crippen LogP contribution in [0.25, 0.3) is 0 Å². The summed E-state index contributed by atoms with van der Waals surface area (Å²) in [6, 6.07) is 0. The van der Waals surface area contributed by atoms with Crippen LogP contribution in [0.4, 0.5) is 0 Å². The third kappa shape index (κ3) is 4.94. The van der Waals surface area contributed by atoms with Gasteiger partial charge in [0.05, 0.1) is 0 Å². The summed E-state index contributed by atoms with van der Waals surface area (Å²) in [6.45, 7) is 1.92. The van der Waals surface area contributed by atoms with Gasteiger partial charge in [0.25, 0.3) is 0 Å². The molecule has 0 radical (unpaired) electrons. The predicted octanol–water partition coefficient (Wildman–Crippen LogP) is 4.64. The van der Waals surface area contributed by atoms with E-state index in [1.54, 1.807) is 0 Å². The highest BCUT2D eigenvalue weighted by Crippen LogP contribution is 2.40. The van der Waals surface area contributed by atoms with Crippen molar-refractivity contribution >= 4 is 81.4 Å². The number of nitrogens with zero attached hydrogens (tertiary/aromatic N) is 3. The van der Waals surface area contributed by atoms with Gasteiger partial charge in [0.1, 0.15) is 0 Å². The predicted molar refractivity (Wildman–Crippen MR) is 74.7 cm³/mol. The third-order valence-electron chi connectivity index (χ3n) is 1.40. The maximum Gasteiger partial charge on any atom is 0.250 e. The number of alkyl halides is 6. The van der Waals surface area contributed by atoms with Crippen molar-refractivity contribution in [2.75, 3.05) is 5.75 Å². The summed E-state index contributed by atoms with van der Waals surface area (Å²) in [5.41, 5.74) is 0. The van der Waals surface area contributed by atoms with E-state index in [9.17, 15) is 0 Å². The van der Waals surface area contributed by atoms with E-state index in [1.807, 2.05) is 6.92 Å². The third-order valence-corrected chi connectivity index (χ3v) is 3.14. The average molecular weight is 376 g/mol. The van der Waals surface area contributed by atoms with Crippen molar-refractivity contribution in [3.8, 4) is 0 Å². The highest BCUT2D eigenvalue weighted by molar-refractivity contribution is 7.99. The Morgan fingerprint density at radius 2 is 1.29 bits per heavy atom. The molecule has 10 heteroatoms. The van der Waals surface area contributed by atoms with Gasteiger partial charge in [-0.1, -0.05) is 88.3 Å². The Kier molecular flexibility index (Phi) is 5.74. The topological polar surface area (TPSA) is 38.7 Å². The molecule has 0 aromatic carbocycles. The van der Waals surface area contributed by atoms with Gasteiger partial charge in [-0.2, -0.15) is 0 Å². The van der Waals surface area contributed by atoms with Gasteiger partial charge in [0, 0.05) is 0 Å². The Labute approximate surface area is 132 Å². The normalized spacial score (nSPS) is 12.9. The van der Waals surface area contributed by atoms with Crippen LogP contribution in [0, 0.1) is 0 Å².